The molecule has 0 radical (unpaired) electrons. The maximum absolute atomic E-state index is 6.34. The Hall–Kier alpha value is -2.96. The Bertz CT molecular complexity index is 948. The van der Waals surface area contributed by atoms with E-state index in [1.807, 2.05) is 91.0 Å². The Kier molecular flexibility index (Phi) is 8.67. The fourth-order valence-corrected chi connectivity index (χ4v) is 3.81. The quantitative estimate of drug-likeness (QED) is 0.355. The van der Waals surface area contributed by atoms with Gasteiger partial charge in [0.15, 0.2) is 0 Å². The first kappa shape index (κ1) is 23.2. The zero-order valence-corrected chi connectivity index (χ0v) is 18.6. The summed E-state index contributed by atoms with van der Waals surface area (Å²) in [6.07, 6.45) is -0.391. The van der Waals surface area contributed by atoms with Crippen LogP contribution in [0.15, 0.2) is 104 Å². The van der Waals surface area contributed by atoms with E-state index in [2.05, 4.69) is 6.58 Å². The third-order valence-corrected chi connectivity index (χ3v) is 5.46. The van der Waals surface area contributed by atoms with E-state index in [9.17, 15) is 0 Å². The van der Waals surface area contributed by atoms with E-state index in [-0.39, 0.29) is 12.2 Å². The van der Waals surface area contributed by atoms with Gasteiger partial charge < -0.3 is 23.7 Å². The van der Waals surface area contributed by atoms with Crippen molar-refractivity contribution in [2.24, 2.45) is 0 Å². The van der Waals surface area contributed by atoms with E-state index < -0.39 is 12.4 Å². The Morgan fingerprint density at radius 3 is 1.67 bits per heavy atom. The van der Waals surface area contributed by atoms with Crippen LogP contribution >= 0.6 is 0 Å². The SMILES string of the molecule is C=COC1O[C@H](COCc2ccccc2)[C@@H](OCc2ccccc2)[C@@H]1OCc1ccccc1. The van der Waals surface area contributed by atoms with Crippen molar-refractivity contribution in [2.45, 2.75) is 44.4 Å². The molecule has 172 valence electrons. The van der Waals surface area contributed by atoms with Crippen LogP contribution in [0, 0.1) is 0 Å². The van der Waals surface area contributed by atoms with Crippen molar-refractivity contribution in [1.82, 2.24) is 0 Å². The molecule has 0 spiro atoms. The molecule has 33 heavy (non-hydrogen) atoms. The number of hydrogen-bond donors (Lipinski definition) is 0. The lowest BCUT2D eigenvalue weighted by Crippen LogP contribution is -2.39. The van der Waals surface area contributed by atoms with Crippen molar-refractivity contribution in [3.63, 3.8) is 0 Å². The molecule has 4 rings (SSSR count). The summed E-state index contributed by atoms with van der Waals surface area (Å²) in [5.41, 5.74) is 3.25. The molecule has 1 heterocycles. The van der Waals surface area contributed by atoms with Gasteiger partial charge in [-0.05, 0) is 16.7 Å². The van der Waals surface area contributed by atoms with Crippen LogP contribution in [-0.4, -0.2) is 31.2 Å². The summed E-state index contributed by atoms with van der Waals surface area (Å²) in [6, 6.07) is 30.1. The van der Waals surface area contributed by atoms with Gasteiger partial charge in [0.1, 0.15) is 18.3 Å². The highest BCUT2D eigenvalue weighted by Crippen LogP contribution is 2.30. The Balaban J connectivity index is 1.45. The van der Waals surface area contributed by atoms with Gasteiger partial charge in [-0.15, -0.1) is 0 Å². The standard InChI is InChI=1S/C28H30O5/c1-2-30-28-27(32-20-24-16-10-5-11-17-24)26(31-19-23-14-8-4-9-15-23)25(33-28)21-29-18-22-12-6-3-7-13-22/h2-17,25-28H,1,18-21H2/t25-,26-,27+,28?/m1/s1. The third-order valence-electron chi connectivity index (χ3n) is 5.46. The van der Waals surface area contributed by atoms with Gasteiger partial charge in [-0.25, -0.2) is 0 Å². The second-order valence-electron chi connectivity index (χ2n) is 7.87. The second-order valence-corrected chi connectivity index (χ2v) is 7.87. The van der Waals surface area contributed by atoms with E-state index in [0.717, 1.165) is 16.7 Å². The normalized spacial score (nSPS) is 22.2. The topological polar surface area (TPSA) is 46.2 Å². The maximum atomic E-state index is 6.34. The molecule has 0 saturated carbocycles. The second kappa shape index (κ2) is 12.3. The first-order valence-corrected chi connectivity index (χ1v) is 11.2. The highest BCUT2D eigenvalue weighted by Gasteiger charge is 2.47. The van der Waals surface area contributed by atoms with Crippen molar-refractivity contribution in [1.29, 1.82) is 0 Å². The van der Waals surface area contributed by atoms with Gasteiger partial charge in [-0.2, -0.15) is 0 Å². The summed E-state index contributed by atoms with van der Waals surface area (Å²) in [7, 11) is 0. The predicted molar refractivity (Wildman–Crippen MR) is 126 cm³/mol. The summed E-state index contributed by atoms with van der Waals surface area (Å²) in [5.74, 6) is 0. The minimum Gasteiger partial charge on any atom is -0.470 e. The van der Waals surface area contributed by atoms with E-state index in [4.69, 9.17) is 23.7 Å². The van der Waals surface area contributed by atoms with Crippen molar-refractivity contribution in [3.8, 4) is 0 Å². The van der Waals surface area contributed by atoms with Crippen molar-refractivity contribution in [3.05, 3.63) is 121 Å². The van der Waals surface area contributed by atoms with E-state index in [1.165, 1.54) is 6.26 Å². The average Bonchev–Trinajstić information content (AvgIpc) is 3.19. The molecule has 3 aromatic carbocycles. The minimum absolute atomic E-state index is 0.344. The molecule has 0 bridgehead atoms. The van der Waals surface area contributed by atoms with Crippen LogP contribution in [0.2, 0.25) is 0 Å². The summed E-state index contributed by atoms with van der Waals surface area (Å²) >= 11 is 0. The molecule has 1 unspecified atom stereocenters. The molecule has 0 amide bonds. The molecule has 5 nitrogen and oxygen atoms in total. The molecule has 0 N–H and O–H groups in total. The minimum atomic E-state index is -0.627. The molecule has 0 aromatic heterocycles. The van der Waals surface area contributed by atoms with E-state index in [0.29, 0.717) is 26.4 Å². The first-order valence-electron chi connectivity index (χ1n) is 11.2. The zero-order valence-electron chi connectivity index (χ0n) is 18.6. The van der Waals surface area contributed by atoms with Gasteiger partial charge in [0.2, 0.25) is 6.29 Å². The fourth-order valence-electron chi connectivity index (χ4n) is 3.81. The number of rotatable bonds is 12. The molecule has 0 aliphatic carbocycles. The lowest BCUT2D eigenvalue weighted by Gasteiger charge is -2.24. The third kappa shape index (κ3) is 6.76. The van der Waals surface area contributed by atoms with Gasteiger partial charge in [0, 0.05) is 0 Å². The molecule has 1 aliphatic heterocycles. The van der Waals surface area contributed by atoms with Crippen molar-refractivity contribution in [2.75, 3.05) is 6.61 Å². The molecule has 1 saturated heterocycles. The molecular weight excluding hydrogens is 416 g/mol. The summed E-state index contributed by atoms with van der Waals surface area (Å²) < 4.78 is 30.4. The highest BCUT2D eigenvalue weighted by atomic mass is 16.7. The van der Waals surface area contributed by atoms with Gasteiger partial charge in [0.05, 0.1) is 32.7 Å². The largest absolute Gasteiger partial charge is 0.470 e. The van der Waals surface area contributed by atoms with Crippen LogP contribution in [0.25, 0.3) is 0 Å². The van der Waals surface area contributed by atoms with Crippen LogP contribution in [0.1, 0.15) is 16.7 Å². The molecule has 1 aliphatic rings. The summed E-state index contributed by atoms with van der Waals surface area (Å²) in [4.78, 5) is 0. The maximum Gasteiger partial charge on any atom is 0.228 e. The molecule has 4 atom stereocenters. The highest BCUT2D eigenvalue weighted by molar-refractivity contribution is 5.15. The smallest absolute Gasteiger partial charge is 0.228 e. The summed E-state index contributed by atoms with van der Waals surface area (Å²) in [5, 5.41) is 0. The molecule has 3 aromatic rings. The summed E-state index contributed by atoms with van der Waals surface area (Å²) in [6.45, 7) is 5.41. The Morgan fingerprint density at radius 1 is 0.667 bits per heavy atom. The lowest BCUT2D eigenvalue weighted by atomic mass is 10.1. The monoisotopic (exact) mass is 446 g/mol. The Labute approximate surface area is 195 Å². The van der Waals surface area contributed by atoms with E-state index in [1.54, 1.807) is 0 Å². The van der Waals surface area contributed by atoms with Crippen LogP contribution in [0.3, 0.4) is 0 Å². The number of benzene rings is 3. The molecule has 1 fully saturated rings. The van der Waals surface area contributed by atoms with Gasteiger partial charge in [-0.1, -0.05) is 97.6 Å². The zero-order chi connectivity index (χ0) is 22.7. The van der Waals surface area contributed by atoms with Crippen LogP contribution < -0.4 is 0 Å². The number of hydrogen-bond acceptors (Lipinski definition) is 5. The number of ether oxygens (including phenoxy) is 5. The molecular formula is C28H30O5. The lowest BCUT2D eigenvalue weighted by molar-refractivity contribution is -0.157. The van der Waals surface area contributed by atoms with Crippen molar-refractivity contribution >= 4 is 0 Å². The Morgan fingerprint density at radius 2 is 1.15 bits per heavy atom. The molecule has 5 heteroatoms. The predicted octanol–water partition coefficient (Wildman–Crippen LogP) is 5.26. The van der Waals surface area contributed by atoms with E-state index >= 15 is 0 Å². The van der Waals surface area contributed by atoms with Crippen LogP contribution in [0.5, 0.6) is 0 Å². The van der Waals surface area contributed by atoms with Crippen LogP contribution in [0.4, 0.5) is 0 Å². The fraction of sp³-hybridized carbons (Fsp3) is 0.286. The van der Waals surface area contributed by atoms with Gasteiger partial charge >= 0.3 is 0 Å². The van der Waals surface area contributed by atoms with Gasteiger partial charge in [-0.3, -0.25) is 0 Å². The average molecular weight is 447 g/mol. The first-order chi connectivity index (χ1) is 16.3. The van der Waals surface area contributed by atoms with Crippen molar-refractivity contribution < 1.29 is 23.7 Å². The van der Waals surface area contributed by atoms with Crippen LogP contribution in [-0.2, 0) is 43.5 Å². The van der Waals surface area contributed by atoms with Gasteiger partial charge in [0.25, 0.3) is 0 Å².